The minimum atomic E-state index is -0.311. The highest BCUT2D eigenvalue weighted by Crippen LogP contribution is 2.35. The van der Waals surface area contributed by atoms with Gasteiger partial charge in [0, 0.05) is 17.7 Å². The first-order valence-corrected chi connectivity index (χ1v) is 10.3. The van der Waals surface area contributed by atoms with Crippen molar-refractivity contribution in [2.75, 3.05) is 37.6 Å². The molecule has 0 bridgehead atoms. The molecule has 2 aliphatic heterocycles. The van der Waals surface area contributed by atoms with Crippen molar-refractivity contribution >= 4 is 17.4 Å². The summed E-state index contributed by atoms with van der Waals surface area (Å²) in [6, 6.07) is 11.5. The molecule has 5 rings (SSSR count). The van der Waals surface area contributed by atoms with E-state index in [1.54, 1.807) is 18.3 Å². The van der Waals surface area contributed by atoms with Crippen molar-refractivity contribution in [3.05, 3.63) is 48.3 Å². The molecule has 1 amide bonds. The van der Waals surface area contributed by atoms with Crippen LogP contribution in [0.5, 0.6) is 11.5 Å². The summed E-state index contributed by atoms with van der Waals surface area (Å²) in [4.78, 5) is 19.2. The molecule has 1 aromatic carbocycles. The fourth-order valence-electron chi connectivity index (χ4n) is 3.78. The molecule has 160 valence electrons. The number of anilines is 2. The van der Waals surface area contributed by atoms with E-state index in [1.807, 2.05) is 24.3 Å². The number of ether oxygens (including phenoxy) is 2. The van der Waals surface area contributed by atoms with E-state index < -0.39 is 0 Å². The predicted octanol–water partition coefficient (Wildman–Crippen LogP) is 2.96. The number of aromatic amines is 1. The number of carbonyl (C=O) groups is 1. The first-order valence-electron chi connectivity index (χ1n) is 10.3. The van der Waals surface area contributed by atoms with E-state index in [2.05, 4.69) is 37.8 Å². The highest BCUT2D eigenvalue weighted by molar-refractivity contribution is 6.02. The summed E-state index contributed by atoms with van der Waals surface area (Å²) >= 11 is 0. The molecule has 0 saturated carbocycles. The van der Waals surface area contributed by atoms with Crippen LogP contribution >= 0.6 is 0 Å². The number of carbonyl (C=O) groups excluding carboxylic acids is 1. The fraction of sp³-hybridized carbons (Fsp3) is 0.318. The third kappa shape index (κ3) is 4.31. The summed E-state index contributed by atoms with van der Waals surface area (Å²) in [6.45, 7) is 2.40. The van der Waals surface area contributed by atoms with Crippen molar-refractivity contribution in [3.8, 4) is 22.8 Å². The van der Waals surface area contributed by atoms with E-state index in [4.69, 9.17) is 9.47 Å². The van der Waals surface area contributed by atoms with Gasteiger partial charge < -0.3 is 25.0 Å². The van der Waals surface area contributed by atoms with Crippen LogP contribution in [0.3, 0.4) is 0 Å². The normalized spacial score (nSPS) is 16.3. The van der Waals surface area contributed by atoms with Gasteiger partial charge in [0.25, 0.3) is 5.91 Å². The summed E-state index contributed by atoms with van der Waals surface area (Å²) in [6.07, 6.45) is 3.91. The molecule has 9 nitrogen and oxygen atoms in total. The highest BCUT2D eigenvalue weighted by Gasteiger charge is 2.18. The second-order valence-electron chi connectivity index (χ2n) is 7.84. The average Bonchev–Trinajstić information content (AvgIpc) is 3.45. The van der Waals surface area contributed by atoms with Crippen LogP contribution in [0.25, 0.3) is 11.3 Å². The molecular weight excluding hydrogens is 396 g/mol. The maximum atomic E-state index is 12.6. The third-order valence-electron chi connectivity index (χ3n) is 5.59. The molecular formula is C22H24N6O3. The van der Waals surface area contributed by atoms with Crippen LogP contribution in [0.15, 0.2) is 42.6 Å². The van der Waals surface area contributed by atoms with Crippen molar-refractivity contribution in [1.82, 2.24) is 20.1 Å². The van der Waals surface area contributed by atoms with E-state index in [1.165, 1.54) is 0 Å². The molecule has 2 aliphatic rings. The molecule has 0 spiro atoms. The molecule has 2 aromatic heterocycles. The van der Waals surface area contributed by atoms with Crippen LogP contribution in [-0.2, 0) is 0 Å². The van der Waals surface area contributed by atoms with Crippen molar-refractivity contribution < 1.29 is 14.3 Å². The maximum Gasteiger partial charge on any atom is 0.275 e. The topological polar surface area (TPSA) is 104 Å². The van der Waals surface area contributed by atoms with Crippen molar-refractivity contribution in [3.63, 3.8) is 0 Å². The summed E-state index contributed by atoms with van der Waals surface area (Å²) in [5, 5.41) is 13.4. The number of likely N-dealkylation sites (tertiary alicyclic amines) is 1. The van der Waals surface area contributed by atoms with E-state index in [0.717, 1.165) is 48.6 Å². The van der Waals surface area contributed by atoms with Crippen LogP contribution in [0.4, 0.5) is 11.5 Å². The number of aromatic nitrogens is 3. The largest absolute Gasteiger partial charge is 0.454 e. The standard InChI is InChI=1S/C22H24N6O3/c1-28-8-6-15(7-9-28)24-16-3-4-17(23-12-16)22(29)25-21-11-18(26-27-21)14-2-5-19-20(10-14)31-13-30-19/h2-5,10-12,15,24H,6-9,13H2,1H3,(H2,25,26,27,29). The lowest BCUT2D eigenvalue weighted by Gasteiger charge is -2.30. The Morgan fingerprint density at radius 3 is 2.77 bits per heavy atom. The van der Waals surface area contributed by atoms with E-state index in [-0.39, 0.29) is 12.7 Å². The van der Waals surface area contributed by atoms with Gasteiger partial charge in [0.15, 0.2) is 17.3 Å². The molecule has 3 aromatic rings. The zero-order valence-corrected chi connectivity index (χ0v) is 17.2. The van der Waals surface area contributed by atoms with Gasteiger partial charge in [0.2, 0.25) is 6.79 Å². The molecule has 1 saturated heterocycles. The minimum absolute atomic E-state index is 0.225. The lowest BCUT2D eigenvalue weighted by Crippen LogP contribution is -2.36. The molecule has 0 aliphatic carbocycles. The molecule has 31 heavy (non-hydrogen) atoms. The number of nitrogens with zero attached hydrogens (tertiary/aromatic N) is 3. The monoisotopic (exact) mass is 420 g/mol. The smallest absolute Gasteiger partial charge is 0.275 e. The lowest BCUT2D eigenvalue weighted by molar-refractivity contribution is 0.102. The Balaban J connectivity index is 1.20. The van der Waals surface area contributed by atoms with E-state index in [9.17, 15) is 4.79 Å². The molecule has 0 unspecified atom stereocenters. The first-order chi connectivity index (χ1) is 15.1. The minimum Gasteiger partial charge on any atom is -0.454 e. The molecule has 4 heterocycles. The highest BCUT2D eigenvalue weighted by atomic mass is 16.7. The Morgan fingerprint density at radius 2 is 1.97 bits per heavy atom. The van der Waals surface area contributed by atoms with E-state index in [0.29, 0.717) is 23.3 Å². The number of nitrogens with one attached hydrogen (secondary N) is 3. The number of amides is 1. The van der Waals surface area contributed by atoms with Crippen LogP contribution in [0.2, 0.25) is 0 Å². The Morgan fingerprint density at radius 1 is 1.13 bits per heavy atom. The van der Waals surface area contributed by atoms with Crippen LogP contribution < -0.4 is 20.1 Å². The molecule has 3 N–H and O–H groups in total. The first kappa shape index (κ1) is 19.4. The van der Waals surface area contributed by atoms with Crippen molar-refractivity contribution in [2.24, 2.45) is 0 Å². The lowest BCUT2D eigenvalue weighted by atomic mass is 10.1. The molecule has 0 atom stereocenters. The number of benzene rings is 1. The number of pyridine rings is 1. The number of rotatable bonds is 5. The predicted molar refractivity (Wildman–Crippen MR) is 116 cm³/mol. The van der Waals surface area contributed by atoms with Gasteiger partial charge in [-0.25, -0.2) is 4.98 Å². The number of piperidine rings is 1. The van der Waals surface area contributed by atoms with Crippen molar-refractivity contribution in [2.45, 2.75) is 18.9 Å². The van der Waals surface area contributed by atoms with Gasteiger partial charge in [-0.2, -0.15) is 5.10 Å². The fourth-order valence-corrected chi connectivity index (χ4v) is 3.78. The maximum absolute atomic E-state index is 12.6. The van der Waals surface area contributed by atoms with Gasteiger partial charge in [-0.3, -0.25) is 9.89 Å². The Bertz CT molecular complexity index is 1070. The zero-order valence-electron chi connectivity index (χ0n) is 17.2. The van der Waals surface area contributed by atoms with Gasteiger partial charge in [0.1, 0.15) is 5.69 Å². The number of hydrogen-bond acceptors (Lipinski definition) is 7. The Hall–Kier alpha value is -3.59. The van der Waals surface area contributed by atoms with Crippen LogP contribution in [-0.4, -0.2) is 59.0 Å². The second-order valence-corrected chi connectivity index (χ2v) is 7.84. The number of fused-ring (bicyclic) bond motifs is 1. The van der Waals surface area contributed by atoms with Gasteiger partial charge in [0.05, 0.1) is 17.6 Å². The Labute approximate surface area is 179 Å². The second kappa shape index (κ2) is 8.27. The summed E-state index contributed by atoms with van der Waals surface area (Å²) in [7, 11) is 2.14. The Kier molecular flexibility index (Phi) is 5.17. The third-order valence-corrected chi connectivity index (χ3v) is 5.59. The summed E-state index contributed by atoms with van der Waals surface area (Å²) in [5.41, 5.74) is 2.91. The van der Waals surface area contributed by atoms with Gasteiger partial charge in [-0.05, 0) is 63.3 Å². The van der Waals surface area contributed by atoms with E-state index >= 15 is 0 Å². The van der Waals surface area contributed by atoms with Crippen molar-refractivity contribution in [1.29, 1.82) is 0 Å². The van der Waals surface area contributed by atoms with Gasteiger partial charge >= 0.3 is 0 Å². The van der Waals surface area contributed by atoms with Crippen LogP contribution in [0.1, 0.15) is 23.3 Å². The molecule has 1 fully saturated rings. The molecule has 0 radical (unpaired) electrons. The average molecular weight is 420 g/mol. The molecule has 9 heteroatoms. The summed E-state index contributed by atoms with van der Waals surface area (Å²) in [5.74, 6) is 1.52. The SMILES string of the molecule is CN1CCC(Nc2ccc(C(=O)Nc3cc(-c4ccc5c(c4)OCO5)[nH]n3)nc2)CC1. The van der Waals surface area contributed by atoms with Gasteiger partial charge in [-0.15, -0.1) is 0 Å². The van der Waals surface area contributed by atoms with Gasteiger partial charge in [-0.1, -0.05) is 0 Å². The quantitative estimate of drug-likeness (QED) is 0.583. The summed E-state index contributed by atoms with van der Waals surface area (Å²) < 4.78 is 10.7. The number of hydrogen-bond donors (Lipinski definition) is 3. The van der Waals surface area contributed by atoms with Crippen LogP contribution in [0, 0.1) is 0 Å². The number of H-pyrrole nitrogens is 1. The zero-order chi connectivity index (χ0) is 21.2.